The van der Waals surface area contributed by atoms with Crippen molar-refractivity contribution in [2.45, 2.75) is 63.2 Å². The topological polar surface area (TPSA) is 79.5 Å². The van der Waals surface area contributed by atoms with E-state index in [1.54, 1.807) is 0 Å². The van der Waals surface area contributed by atoms with Gasteiger partial charge in [0.05, 0.1) is 28.6 Å². The number of halogens is 1. The van der Waals surface area contributed by atoms with Crippen LogP contribution in [0.15, 0.2) is 42.5 Å². The number of nitrogens with zero attached hydrogens (tertiary/aromatic N) is 4. The van der Waals surface area contributed by atoms with Crippen LogP contribution in [-0.4, -0.2) is 34.7 Å². The molecule has 0 aliphatic carbocycles. The molecule has 5 nitrogen and oxygen atoms in total. The van der Waals surface area contributed by atoms with Crippen molar-refractivity contribution < 1.29 is 4.39 Å². The van der Waals surface area contributed by atoms with E-state index in [9.17, 15) is 14.9 Å². The number of likely N-dealkylation sites (tertiary alicyclic amines) is 1. The Labute approximate surface area is 201 Å². The normalized spacial score (nSPS) is 16.7. The number of nitriles is 2. The highest BCUT2D eigenvalue weighted by Crippen LogP contribution is 2.37. The van der Waals surface area contributed by atoms with Gasteiger partial charge in [-0.3, -0.25) is 5.10 Å². The Bertz CT molecular complexity index is 1200. The van der Waals surface area contributed by atoms with E-state index in [1.807, 2.05) is 30.3 Å². The first kappa shape index (κ1) is 23.9. The molecular weight excluding hydrogens is 425 g/mol. The molecule has 176 valence electrons. The number of nitrogens with one attached hydrogen (secondary N) is 1. The monoisotopic (exact) mass is 457 g/mol. The van der Waals surface area contributed by atoms with Crippen molar-refractivity contribution in [3.8, 4) is 12.1 Å². The minimum Gasteiger partial charge on any atom is -0.303 e. The SMILES string of the molecule is CCCCC(C#N)(CCCN1CCC(c2[nH]nc3cc(F)ccc23)CC1)c1ccccc1C#N. The average molecular weight is 458 g/mol. The minimum absolute atomic E-state index is 0.259. The first-order chi connectivity index (χ1) is 16.6. The zero-order chi connectivity index (χ0) is 24.0. The molecule has 1 saturated heterocycles. The van der Waals surface area contributed by atoms with Gasteiger partial charge in [-0.1, -0.05) is 38.0 Å². The fourth-order valence-electron chi connectivity index (χ4n) is 5.41. The summed E-state index contributed by atoms with van der Waals surface area (Å²) in [5, 5.41) is 28.3. The summed E-state index contributed by atoms with van der Waals surface area (Å²) in [6.07, 6.45) is 6.54. The molecule has 0 radical (unpaired) electrons. The van der Waals surface area contributed by atoms with Gasteiger partial charge in [-0.25, -0.2) is 4.39 Å². The van der Waals surface area contributed by atoms with E-state index < -0.39 is 5.41 Å². The van der Waals surface area contributed by atoms with Crippen LogP contribution in [0.25, 0.3) is 10.9 Å². The summed E-state index contributed by atoms with van der Waals surface area (Å²) in [4.78, 5) is 2.48. The van der Waals surface area contributed by atoms with E-state index in [2.05, 4.69) is 34.2 Å². The van der Waals surface area contributed by atoms with Crippen molar-refractivity contribution in [2.24, 2.45) is 0 Å². The maximum atomic E-state index is 13.5. The van der Waals surface area contributed by atoms with Crippen LogP contribution in [0, 0.1) is 28.5 Å². The Balaban J connectivity index is 1.37. The van der Waals surface area contributed by atoms with Gasteiger partial charge in [0.1, 0.15) is 5.82 Å². The van der Waals surface area contributed by atoms with E-state index in [1.165, 1.54) is 12.1 Å². The van der Waals surface area contributed by atoms with Crippen molar-refractivity contribution >= 4 is 10.9 Å². The summed E-state index contributed by atoms with van der Waals surface area (Å²) < 4.78 is 13.5. The molecule has 1 fully saturated rings. The van der Waals surface area contributed by atoms with E-state index in [-0.39, 0.29) is 5.82 Å². The van der Waals surface area contributed by atoms with Crippen molar-refractivity contribution in [3.05, 3.63) is 65.1 Å². The number of unbranched alkanes of at least 4 members (excludes halogenated alkanes) is 1. The number of rotatable bonds is 9. The summed E-state index contributed by atoms with van der Waals surface area (Å²) in [6.45, 7) is 5.08. The van der Waals surface area contributed by atoms with E-state index >= 15 is 0 Å². The summed E-state index contributed by atoms with van der Waals surface area (Å²) in [7, 11) is 0. The average Bonchev–Trinajstić information content (AvgIpc) is 3.29. The van der Waals surface area contributed by atoms with Gasteiger partial charge in [0.15, 0.2) is 0 Å². The Hall–Kier alpha value is -3.22. The van der Waals surface area contributed by atoms with Crippen molar-refractivity contribution in [3.63, 3.8) is 0 Å². The smallest absolute Gasteiger partial charge is 0.125 e. The van der Waals surface area contributed by atoms with Gasteiger partial charge in [0, 0.05) is 23.1 Å². The number of fused-ring (bicyclic) bond motifs is 1. The molecule has 1 atom stereocenters. The molecule has 2 aromatic carbocycles. The van der Waals surface area contributed by atoms with Crippen LogP contribution in [0.1, 0.15) is 74.6 Å². The molecule has 0 spiro atoms. The van der Waals surface area contributed by atoms with Gasteiger partial charge in [-0.05, 0) is 75.5 Å². The Kier molecular flexibility index (Phi) is 7.60. The lowest BCUT2D eigenvalue weighted by Gasteiger charge is -2.33. The summed E-state index contributed by atoms with van der Waals surface area (Å²) in [6, 6.07) is 17.3. The lowest BCUT2D eigenvalue weighted by molar-refractivity contribution is 0.203. The number of hydrogen-bond acceptors (Lipinski definition) is 4. The van der Waals surface area contributed by atoms with Crippen LogP contribution >= 0.6 is 0 Å². The third-order valence-corrected chi connectivity index (χ3v) is 7.35. The maximum Gasteiger partial charge on any atom is 0.125 e. The van der Waals surface area contributed by atoms with Crippen LogP contribution in [0.3, 0.4) is 0 Å². The van der Waals surface area contributed by atoms with Crippen LogP contribution < -0.4 is 0 Å². The lowest BCUT2D eigenvalue weighted by atomic mass is 9.72. The number of hydrogen-bond donors (Lipinski definition) is 1. The number of benzene rings is 2. The highest BCUT2D eigenvalue weighted by atomic mass is 19.1. The van der Waals surface area contributed by atoms with Crippen molar-refractivity contribution in [1.82, 2.24) is 15.1 Å². The van der Waals surface area contributed by atoms with E-state index in [4.69, 9.17) is 0 Å². The Morgan fingerprint density at radius 3 is 2.62 bits per heavy atom. The van der Waals surface area contributed by atoms with Crippen LogP contribution in [-0.2, 0) is 5.41 Å². The molecule has 4 rings (SSSR count). The fraction of sp³-hybridized carbons (Fsp3) is 0.464. The van der Waals surface area contributed by atoms with Crippen LogP contribution in [0.4, 0.5) is 4.39 Å². The molecule has 0 saturated carbocycles. The highest BCUT2D eigenvalue weighted by Gasteiger charge is 2.34. The number of piperidine rings is 1. The molecule has 1 aliphatic rings. The van der Waals surface area contributed by atoms with Gasteiger partial charge < -0.3 is 4.90 Å². The standard InChI is InChI=1S/C28H32FN5/c1-2-3-13-28(20-31,25-8-5-4-7-22(25)19-30)14-6-15-34-16-11-21(12-17-34)27-24-10-9-23(29)18-26(24)32-33-27/h4-5,7-10,18,21H,2-3,6,11-17H2,1H3,(H,32,33). The van der Waals surface area contributed by atoms with Gasteiger partial charge in [0.2, 0.25) is 0 Å². The number of H-pyrrole nitrogens is 1. The zero-order valence-corrected chi connectivity index (χ0v) is 19.9. The van der Waals surface area contributed by atoms with E-state index in [0.29, 0.717) is 17.0 Å². The summed E-state index contributed by atoms with van der Waals surface area (Å²) in [5.74, 6) is 0.141. The molecule has 34 heavy (non-hydrogen) atoms. The first-order valence-electron chi connectivity index (χ1n) is 12.4. The Morgan fingerprint density at radius 1 is 1.12 bits per heavy atom. The molecule has 1 N–H and O–H groups in total. The van der Waals surface area contributed by atoms with Gasteiger partial charge in [-0.15, -0.1) is 0 Å². The molecule has 6 heteroatoms. The second kappa shape index (κ2) is 10.8. The van der Waals surface area contributed by atoms with Crippen LogP contribution in [0.5, 0.6) is 0 Å². The third-order valence-electron chi connectivity index (χ3n) is 7.35. The van der Waals surface area contributed by atoms with Crippen molar-refractivity contribution in [2.75, 3.05) is 19.6 Å². The quantitative estimate of drug-likeness (QED) is 0.416. The van der Waals surface area contributed by atoms with Crippen molar-refractivity contribution in [1.29, 1.82) is 10.5 Å². The third kappa shape index (κ3) is 4.98. The first-order valence-corrected chi connectivity index (χ1v) is 12.4. The zero-order valence-electron chi connectivity index (χ0n) is 19.9. The number of aromatic amines is 1. The molecule has 0 bridgehead atoms. The summed E-state index contributed by atoms with van der Waals surface area (Å²) in [5.41, 5.74) is 2.70. The molecule has 1 unspecified atom stereocenters. The van der Waals surface area contributed by atoms with Gasteiger partial charge in [0.25, 0.3) is 0 Å². The molecule has 1 aliphatic heterocycles. The highest BCUT2D eigenvalue weighted by molar-refractivity contribution is 5.81. The predicted molar refractivity (Wildman–Crippen MR) is 132 cm³/mol. The van der Waals surface area contributed by atoms with E-state index in [0.717, 1.165) is 81.2 Å². The molecule has 1 aromatic heterocycles. The second-order valence-corrected chi connectivity index (χ2v) is 9.47. The molecule has 3 aromatic rings. The predicted octanol–water partition coefficient (Wildman–Crippen LogP) is 6.19. The maximum absolute atomic E-state index is 13.5. The summed E-state index contributed by atoms with van der Waals surface area (Å²) >= 11 is 0. The fourth-order valence-corrected chi connectivity index (χ4v) is 5.41. The molecular formula is C28H32FN5. The second-order valence-electron chi connectivity index (χ2n) is 9.47. The number of aromatic nitrogens is 2. The lowest BCUT2D eigenvalue weighted by Crippen LogP contribution is -2.35. The molecule has 0 amide bonds. The van der Waals surface area contributed by atoms with Gasteiger partial charge in [-0.2, -0.15) is 15.6 Å². The molecule has 2 heterocycles. The largest absolute Gasteiger partial charge is 0.303 e. The Morgan fingerprint density at radius 2 is 1.88 bits per heavy atom. The van der Waals surface area contributed by atoms with Crippen LogP contribution in [0.2, 0.25) is 0 Å². The minimum atomic E-state index is -0.606. The van der Waals surface area contributed by atoms with Gasteiger partial charge >= 0.3 is 0 Å².